The van der Waals surface area contributed by atoms with Crippen LogP contribution in [0.5, 0.6) is 0 Å². The van der Waals surface area contributed by atoms with Gasteiger partial charge in [0.25, 0.3) is 0 Å². The largest absolute Gasteiger partial charge is 0.481 e. The summed E-state index contributed by atoms with van der Waals surface area (Å²) in [4.78, 5) is 23.3. The van der Waals surface area contributed by atoms with Gasteiger partial charge in [-0.2, -0.15) is 0 Å². The normalized spacial score (nSPS) is 48.0. The third kappa shape index (κ3) is 2.99. The van der Waals surface area contributed by atoms with Crippen LogP contribution in [-0.4, -0.2) is 28.1 Å². The molecule has 0 aliphatic heterocycles. The number of rotatable bonds is 3. The Morgan fingerprint density at radius 2 is 1.93 bits per heavy atom. The number of hydrogen-bond acceptors (Lipinski definition) is 3. The monoisotopic (exact) mass is 374 g/mol. The molecule has 27 heavy (non-hydrogen) atoms. The first kappa shape index (κ1) is 19.2. The van der Waals surface area contributed by atoms with E-state index in [4.69, 9.17) is 5.11 Å². The Bertz CT molecular complexity index is 667. The number of carbonyl (C=O) groups is 2. The Labute approximate surface area is 162 Å². The highest BCUT2D eigenvalue weighted by Crippen LogP contribution is 2.65. The highest BCUT2D eigenvalue weighted by atomic mass is 16.4. The quantitative estimate of drug-likeness (QED) is 0.720. The molecule has 0 heterocycles. The summed E-state index contributed by atoms with van der Waals surface area (Å²) in [6.45, 7) is 4.58. The molecule has 4 aliphatic rings. The van der Waals surface area contributed by atoms with Crippen molar-refractivity contribution in [3.63, 3.8) is 0 Å². The summed E-state index contributed by atoms with van der Waals surface area (Å²) in [5, 5.41) is 20.0. The molecule has 1 unspecified atom stereocenters. The molecule has 0 spiro atoms. The van der Waals surface area contributed by atoms with E-state index in [-0.39, 0.29) is 29.3 Å². The van der Waals surface area contributed by atoms with Crippen LogP contribution in [0.25, 0.3) is 0 Å². The van der Waals surface area contributed by atoms with Crippen molar-refractivity contribution < 1.29 is 19.8 Å². The zero-order valence-electron chi connectivity index (χ0n) is 16.7. The maximum atomic E-state index is 12.5. The maximum Gasteiger partial charge on any atom is 0.303 e. The number of carboxylic acids is 1. The number of aliphatic hydroxyl groups excluding tert-OH is 1. The molecule has 0 aromatic carbocycles. The van der Waals surface area contributed by atoms with Crippen LogP contribution in [0.1, 0.15) is 78.1 Å². The van der Waals surface area contributed by atoms with E-state index in [1.54, 1.807) is 0 Å². The van der Waals surface area contributed by atoms with Gasteiger partial charge in [-0.15, -0.1) is 0 Å². The van der Waals surface area contributed by atoms with E-state index in [0.717, 1.165) is 51.4 Å². The van der Waals surface area contributed by atoms with Crippen molar-refractivity contribution in [2.24, 2.45) is 34.5 Å². The number of carbonyl (C=O) groups excluding carboxylic acids is 1. The van der Waals surface area contributed by atoms with Crippen molar-refractivity contribution in [3.05, 3.63) is 11.6 Å². The molecule has 2 N–H and O–H groups in total. The molecule has 0 amide bonds. The van der Waals surface area contributed by atoms with E-state index in [2.05, 4.69) is 19.9 Å². The number of aliphatic hydroxyl groups is 1. The van der Waals surface area contributed by atoms with Crippen LogP contribution < -0.4 is 0 Å². The molecule has 4 heteroatoms. The molecule has 0 bridgehead atoms. The molecule has 4 fully saturated rings. The van der Waals surface area contributed by atoms with Gasteiger partial charge in [-0.1, -0.05) is 25.5 Å². The van der Waals surface area contributed by atoms with Crippen LogP contribution in [0.15, 0.2) is 11.6 Å². The summed E-state index contributed by atoms with van der Waals surface area (Å²) in [6.07, 6.45) is 10.4. The molecule has 4 nitrogen and oxygen atoms in total. The Kier molecular flexibility index (Phi) is 4.77. The second kappa shape index (κ2) is 6.72. The molecule has 0 saturated heterocycles. The van der Waals surface area contributed by atoms with Gasteiger partial charge < -0.3 is 10.2 Å². The van der Waals surface area contributed by atoms with E-state index in [1.165, 1.54) is 5.57 Å². The molecule has 4 aliphatic carbocycles. The fourth-order valence-corrected chi connectivity index (χ4v) is 7.50. The average Bonchev–Trinajstić information content (AvgIpc) is 2.91. The molecule has 0 aromatic rings. The third-order valence-electron chi connectivity index (χ3n) is 9.08. The van der Waals surface area contributed by atoms with Gasteiger partial charge in [-0.25, -0.2) is 0 Å². The van der Waals surface area contributed by atoms with E-state index in [9.17, 15) is 14.7 Å². The lowest BCUT2D eigenvalue weighted by atomic mass is 9.44. The third-order valence-corrected chi connectivity index (χ3v) is 9.08. The van der Waals surface area contributed by atoms with Crippen LogP contribution >= 0.6 is 0 Å². The summed E-state index contributed by atoms with van der Waals surface area (Å²) in [6, 6.07) is 0. The van der Waals surface area contributed by atoms with Crippen LogP contribution in [0.3, 0.4) is 0 Å². The fourth-order valence-electron chi connectivity index (χ4n) is 7.50. The van der Waals surface area contributed by atoms with Gasteiger partial charge in [-0.3, -0.25) is 9.59 Å². The van der Waals surface area contributed by atoms with Crippen LogP contribution in [0.4, 0.5) is 0 Å². The second-order valence-electron chi connectivity index (χ2n) is 10.2. The standard InChI is InChI=1S/C23H34O4/c1-22-10-8-14(4-3-5-21(26)27)12-18(22)19(24)13-15-16-6-7-20(25)23(16,2)11-9-17(15)22/h4,15-19,24H,3,5-13H2,1-2H3,(H,26,27)/t15-,16-,17-,18?,19-,22+,23-/m0/s1. The molecule has 4 rings (SSSR count). The van der Waals surface area contributed by atoms with Crippen molar-refractivity contribution in [3.8, 4) is 0 Å². The Morgan fingerprint density at radius 3 is 2.67 bits per heavy atom. The number of aliphatic carboxylic acids is 1. The first-order valence-corrected chi connectivity index (χ1v) is 10.9. The van der Waals surface area contributed by atoms with Crippen LogP contribution in [-0.2, 0) is 9.59 Å². The van der Waals surface area contributed by atoms with Crippen molar-refractivity contribution >= 4 is 11.8 Å². The van der Waals surface area contributed by atoms with Crippen molar-refractivity contribution in [2.75, 3.05) is 0 Å². The van der Waals surface area contributed by atoms with Gasteiger partial charge >= 0.3 is 5.97 Å². The minimum Gasteiger partial charge on any atom is -0.481 e. The number of Topliss-reactive ketones (excluding diaryl/α,β-unsaturated/α-hetero) is 1. The molecule has 7 atom stereocenters. The van der Waals surface area contributed by atoms with Gasteiger partial charge in [0.2, 0.25) is 0 Å². The zero-order chi connectivity index (χ0) is 19.4. The van der Waals surface area contributed by atoms with Gasteiger partial charge in [0.05, 0.1) is 6.10 Å². The first-order chi connectivity index (χ1) is 12.8. The Balaban J connectivity index is 1.54. The van der Waals surface area contributed by atoms with E-state index < -0.39 is 5.97 Å². The number of allylic oxidation sites excluding steroid dienone is 2. The number of carboxylic acid groups (broad SMARTS) is 1. The highest BCUT2D eigenvalue weighted by Gasteiger charge is 2.61. The fraction of sp³-hybridized carbons (Fsp3) is 0.826. The SMILES string of the molecule is C[C@]12CCC(=CCCC(=O)O)CC1[C@@H](O)C[C@@H]1[C@@H]2CC[C@]2(C)C(=O)CC[C@@H]12. The number of hydrogen-bond donors (Lipinski definition) is 2. The van der Waals surface area contributed by atoms with Gasteiger partial charge in [0.1, 0.15) is 5.78 Å². The predicted octanol–water partition coefficient (Wildman–Crippen LogP) is 4.36. The van der Waals surface area contributed by atoms with E-state index >= 15 is 0 Å². The van der Waals surface area contributed by atoms with Crippen molar-refractivity contribution in [2.45, 2.75) is 84.2 Å². The van der Waals surface area contributed by atoms with Crippen LogP contribution in [0, 0.1) is 34.5 Å². The average molecular weight is 375 g/mol. The predicted molar refractivity (Wildman–Crippen MR) is 103 cm³/mol. The number of ketones is 1. The first-order valence-electron chi connectivity index (χ1n) is 10.9. The summed E-state index contributed by atoms with van der Waals surface area (Å²) >= 11 is 0. The Hall–Kier alpha value is -1.16. The molecule has 0 aromatic heterocycles. The smallest absolute Gasteiger partial charge is 0.303 e. The zero-order valence-corrected chi connectivity index (χ0v) is 16.7. The van der Waals surface area contributed by atoms with Gasteiger partial charge in [0, 0.05) is 18.3 Å². The van der Waals surface area contributed by atoms with Gasteiger partial charge in [0.15, 0.2) is 0 Å². The number of fused-ring (bicyclic) bond motifs is 5. The Morgan fingerprint density at radius 1 is 1.15 bits per heavy atom. The summed E-state index contributed by atoms with van der Waals surface area (Å²) in [7, 11) is 0. The minimum absolute atomic E-state index is 0.138. The van der Waals surface area contributed by atoms with Crippen LogP contribution in [0.2, 0.25) is 0 Å². The lowest BCUT2D eigenvalue weighted by Gasteiger charge is -2.61. The molecule has 150 valence electrons. The maximum absolute atomic E-state index is 12.5. The lowest BCUT2D eigenvalue weighted by Crippen LogP contribution is -2.57. The minimum atomic E-state index is -0.746. The van der Waals surface area contributed by atoms with E-state index in [1.807, 2.05) is 0 Å². The highest BCUT2D eigenvalue weighted by molar-refractivity contribution is 5.87. The van der Waals surface area contributed by atoms with Gasteiger partial charge in [-0.05, 0) is 80.5 Å². The summed E-state index contributed by atoms with van der Waals surface area (Å²) in [5.41, 5.74) is 1.35. The molecular formula is C23H34O4. The molecule has 0 radical (unpaired) electrons. The second-order valence-corrected chi connectivity index (χ2v) is 10.2. The molecule has 4 saturated carbocycles. The van der Waals surface area contributed by atoms with E-state index in [0.29, 0.717) is 30.0 Å². The summed E-state index contributed by atoms with van der Waals surface area (Å²) < 4.78 is 0. The lowest BCUT2D eigenvalue weighted by molar-refractivity contribution is -0.155. The van der Waals surface area contributed by atoms with Crippen molar-refractivity contribution in [1.82, 2.24) is 0 Å². The molecular weight excluding hydrogens is 340 g/mol. The van der Waals surface area contributed by atoms with Crippen molar-refractivity contribution in [1.29, 1.82) is 0 Å². The topological polar surface area (TPSA) is 74.6 Å². The summed E-state index contributed by atoms with van der Waals surface area (Å²) in [5.74, 6) is 1.57.